The molecule has 7 heteroatoms. The molecule has 0 spiro atoms. The maximum atomic E-state index is 11.1. The molecule has 0 unspecified atom stereocenters. The number of allylic oxidation sites excluding steroid dienone is 2. The van der Waals surface area contributed by atoms with Crippen LogP contribution in [0.4, 0.5) is 0 Å². The van der Waals surface area contributed by atoms with Crippen molar-refractivity contribution >= 4 is 47.9 Å². The van der Waals surface area contributed by atoms with Gasteiger partial charge in [-0.2, -0.15) is 0 Å². The number of rotatable bonds is 32. The Morgan fingerprint density at radius 1 is 0.375 bits per heavy atom. The molecule has 96 heavy (non-hydrogen) atoms. The minimum atomic E-state index is -0.909. The molecule has 2 amide bonds. The van der Waals surface area contributed by atoms with Crippen molar-refractivity contribution in [1.29, 1.82) is 0 Å². The van der Waals surface area contributed by atoms with Crippen molar-refractivity contribution in [3.8, 4) is 0 Å². The zero-order valence-electron chi connectivity index (χ0n) is 62.2. The second kappa shape index (κ2) is 72.7. The number of Topliss-reactive ketones (excluding diaryl/α,β-unsaturated/α-hetero) is 1. The summed E-state index contributed by atoms with van der Waals surface area (Å²) in [6, 6.07) is 52.3. The number of aryl methyl sites for hydroxylation is 5. The Balaban J connectivity index is -0.000000492. The van der Waals surface area contributed by atoms with Crippen LogP contribution in [0, 0.1) is 20.8 Å². The Hall–Kier alpha value is -8.16. The normalized spacial score (nSPS) is 9.28. The van der Waals surface area contributed by atoms with Crippen LogP contribution in [0.3, 0.4) is 0 Å². The van der Waals surface area contributed by atoms with E-state index in [-0.39, 0.29) is 11.8 Å². The fourth-order valence-electron chi connectivity index (χ4n) is 8.22. The summed E-state index contributed by atoms with van der Waals surface area (Å²) in [5.41, 5.74) is 11.4. The van der Waals surface area contributed by atoms with E-state index >= 15 is 0 Å². The summed E-state index contributed by atoms with van der Waals surface area (Å²) in [6.45, 7) is 46.3. The molecule has 0 aliphatic rings. The number of carbonyl (C=O) groups is 4. The molecule has 6 aromatic carbocycles. The molecular formula is C89H132N2O5. The van der Waals surface area contributed by atoms with E-state index in [1.54, 1.807) is 30.3 Å². The maximum Gasteiger partial charge on any atom is 0.335 e. The predicted molar refractivity (Wildman–Crippen MR) is 426 cm³/mol. The first-order chi connectivity index (χ1) is 46.4. The predicted octanol–water partition coefficient (Wildman–Crippen LogP) is 25.3. The van der Waals surface area contributed by atoms with E-state index in [4.69, 9.17) is 5.11 Å². The highest BCUT2D eigenvalue weighted by molar-refractivity contribution is 5.88. The van der Waals surface area contributed by atoms with Gasteiger partial charge in [0.25, 0.3) is 0 Å². The van der Waals surface area contributed by atoms with E-state index in [2.05, 4.69) is 190 Å². The van der Waals surface area contributed by atoms with Crippen molar-refractivity contribution in [2.45, 2.75) is 230 Å². The van der Waals surface area contributed by atoms with Gasteiger partial charge in [-0.15, -0.1) is 13.2 Å². The lowest BCUT2D eigenvalue weighted by Gasteiger charge is -2.03. The standard InChI is InChI=1S/C12H23NO.C10H18O.C9H8O2.C9H12.2C9H10.C9H20.C8H10.C8H8.C6H13NO/c1-3-5-6-7-8-9-11-13-12(14)10-4-2;1-3-5-6-7-9-10(11)8-4-2;1-2-7-4-3-5-8(6-7)9(10)11;2*1-3-9-6-4-8(2)5-7-9;1-3-9-6-4-5-8(2)7-9;1-3-5-7-9-8-6-4-2;2*1-2-8-6-4-3-5-7-8;1-3-4-5-7-6(2)8/h3H,1,4-11H2,2H3,(H,13,14);3H,1,4-9H2,2H3;2-6H,1H2,(H,10,11);4-7H,3H2,1-2H3;2*3-7H,1H2,2H3;3-9H2,1-2H3;3-7H,2H2,1H3;2-7H,1H2;3-5H2,1-2H3,(H,7,8). The molecule has 0 aliphatic carbocycles. The third-order valence-corrected chi connectivity index (χ3v) is 14.2. The highest BCUT2D eigenvalue weighted by Gasteiger charge is 2.01. The summed E-state index contributed by atoms with van der Waals surface area (Å²) >= 11 is 0. The average Bonchev–Trinajstić information content (AvgIpc) is 1.36. The lowest BCUT2D eigenvalue weighted by Crippen LogP contribution is -2.23. The zero-order valence-corrected chi connectivity index (χ0v) is 62.2. The summed E-state index contributed by atoms with van der Waals surface area (Å²) in [5, 5.41) is 14.2. The van der Waals surface area contributed by atoms with Gasteiger partial charge in [0.1, 0.15) is 5.78 Å². The van der Waals surface area contributed by atoms with Gasteiger partial charge < -0.3 is 15.7 Å². The number of carboxylic acid groups (broad SMARTS) is 1. The summed E-state index contributed by atoms with van der Waals surface area (Å²) in [7, 11) is 0. The largest absolute Gasteiger partial charge is 0.478 e. The highest BCUT2D eigenvalue weighted by atomic mass is 16.4. The Morgan fingerprint density at radius 2 is 0.792 bits per heavy atom. The van der Waals surface area contributed by atoms with Crippen LogP contribution in [0.5, 0.6) is 0 Å². The van der Waals surface area contributed by atoms with Crippen LogP contribution in [0.2, 0.25) is 0 Å². The minimum Gasteiger partial charge on any atom is -0.478 e. The number of unbranched alkanes of at least 4 members (excludes halogenated alkanes) is 13. The Labute approximate surface area is 588 Å². The molecule has 6 aromatic rings. The number of aromatic carboxylic acids is 1. The first kappa shape index (κ1) is 94.2. The van der Waals surface area contributed by atoms with Crippen molar-refractivity contribution in [2.24, 2.45) is 0 Å². The highest BCUT2D eigenvalue weighted by Crippen LogP contribution is 2.10. The fraction of sp³-hybridized carbons (Fsp3) is 0.416. The molecule has 0 radical (unpaired) electrons. The molecule has 6 rings (SSSR count). The molecule has 0 saturated heterocycles. The van der Waals surface area contributed by atoms with Gasteiger partial charge >= 0.3 is 5.97 Å². The fourth-order valence-corrected chi connectivity index (χ4v) is 8.22. The number of carbonyl (C=O) groups excluding carboxylic acids is 3. The smallest absolute Gasteiger partial charge is 0.335 e. The van der Waals surface area contributed by atoms with E-state index in [0.717, 1.165) is 102 Å². The SMILES string of the molecule is C=CCCCCC(=O)CCC.C=CCCCCCCNC(=O)CCC.C=Cc1ccc(C)cc1.C=Cc1cccc(C(=O)O)c1.C=Cc1cccc(C)c1.C=Cc1ccccc1.CCCCCCCCC.CCCCNC(C)=O.CCc1ccc(C)cc1.CCc1ccccc1. The molecule has 0 saturated carbocycles. The molecular weight excluding hydrogens is 1180 g/mol. The molecule has 0 aromatic heterocycles. The molecule has 0 heterocycles. The van der Waals surface area contributed by atoms with Crippen LogP contribution in [0.15, 0.2) is 209 Å². The number of amides is 2. The van der Waals surface area contributed by atoms with Crippen LogP contribution in [-0.4, -0.2) is 41.8 Å². The summed E-state index contributed by atoms with van der Waals surface area (Å²) in [6.07, 6.45) is 38.7. The second-order valence-corrected chi connectivity index (χ2v) is 23.2. The van der Waals surface area contributed by atoms with Crippen LogP contribution in [0.1, 0.15) is 257 Å². The molecule has 3 N–H and O–H groups in total. The monoisotopic (exact) mass is 1310 g/mol. The number of hydrogen-bond donors (Lipinski definition) is 3. The van der Waals surface area contributed by atoms with Gasteiger partial charge in [0.05, 0.1) is 5.56 Å². The second-order valence-electron chi connectivity index (χ2n) is 23.2. The lowest BCUT2D eigenvalue weighted by atomic mass is 10.1. The molecule has 0 bridgehead atoms. The van der Waals surface area contributed by atoms with Crippen molar-refractivity contribution in [3.05, 3.63) is 265 Å². The summed E-state index contributed by atoms with van der Waals surface area (Å²) in [5.74, 6) is -0.234. The molecule has 0 atom stereocenters. The van der Waals surface area contributed by atoms with Gasteiger partial charge in [0.15, 0.2) is 0 Å². The van der Waals surface area contributed by atoms with Crippen LogP contribution >= 0.6 is 0 Å². The molecule has 528 valence electrons. The number of benzene rings is 6. The Morgan fingerprint density at radius 3 is 1.22 bits per heavy atom. The molecule has 7 nitrogen and oxygen atoms in total. The van der Waals surface area contributed by atoms with E-state index in [0.29, 0.717) is 17.8 Å². The lowest BCUT2D eigenvalue weighted by molar-refractivity contribution is -0.121. The number of nitrogens with one attached hydrogen (secondary N) is 2. The Kier molecular flexibility index (Phi) is 71.3. The number of hydrogen-bond acceptors (Lipinski definition) is 4. The van der Waals surface area contributed by atoms with Crippen molar-refractivity contribution < 1.29 is 24.3 Å². The summed E-state index contributed by atoms with van der Waals surface area (Å²) < 4.78 is 0. The minimum absolute atomic E-state index is 0.0680. The van der Waals surface area contributed by atoms with Crippen molar-refractivity contribution in [2.75, 3.05) is 13.1 Å². The first-order valence-electron chi connectivity index (χ1n) is 35.7. The third kappa shape index (κ3) is 67.3. The van der Waals surface area contributed by atoms with Gasteiger partial charge in [-0.1, -0.05) is 338 Å². The third-order valence-electron chi connectivity index (χ3n) is 14.2. The van der Waals surface area contributed by atoms with Crippen molar-refractivity contribution in [3.63, 3.8) is 0 Å². The van der Waals surface area contributed by atoms with Crippen LogP contribution < -0.4 is 10.6 Å². The van der Waals surface area contributed by atoms with Gasteiger partial charge in [-0.3, -0.25) is 14.4 Å². The topological polar surface area (TPSA) is 113 Å². The average molecular weight is 1310 g/mol. The Bertz CT molecular complexity index is 2810. The van der Waals surface area contributed by atoms with Crippen molar-refractivity contribution in [1.82, 2.24) is 10.6 Å². The van der Waals surface area contributed by atoms with E-state index in [1.807, 2.05) is 92.8 Å². The van der Waals surface area contributed by atoms with Crippen LogP contribution in [0.25, 0.3) is 24.3 Å². The summed E-state index contributed by atoms with van der Waals surface area (Å²) in [4.78, 5) is 42.7. The molecule has 0 fully saturated rings. The maximum absolute atomic E-state index is 11.1. The van der Waals surface area contributed by atoms with Crippen LogP contribution in [-0.2, 0) is 27.2 Å². The van der Waals surface area contributed by atoms with E-state index in [9.17, 15) is 19.2 Å². The van der Waals surface area contributed by atoms with Gasteiger partial charge in [0.2, 0.25) is 11.8 Å². The van der Waals surface area contributed by atoms with E-state index < -0.39 is 5.97 Å². The first-order valence-corrected chi connectivity index (χ1v) is 35.7. The zero-order chi connectivity index (χ0) is 72.5. The van der Waals surface area contributed by atoms with Gasteiger partial charge in [-0.25, -0.2) is 4.79 Å². The number of carboxylic acids is 1. The van der Waals surface area contributed by atoms with Gasteiger partial charge in [0, 0.05) is 39.3 Å². The molecule has 0 aliphatic heterocycles. The number of ketones is 1. The quantitative estimate of drug-likeness (QED) is 0.0288. The van der Waals surface area contributed by atoms with Gasteiger partial charge in [-0.05, 0) is 137 Å². The van der Waals surface area contributed by atoms with E-state index in [1.165, 1.54) is 116 Å².